The van der Waals surface area contributed by atoms with Crippen molar-refractivity contribution in [3.8, 4) is 0 Å². The first kappa shape index (κ1) is 10.7. The van der Waals surface area contributed by atoms with Crippen molar-refractivity contribution >= 4 is 15.9 Å². The molecule has 0 aromatic heterocycles. The van der Waals surface area contributed by atoms with E-state index in [0.717, 1.165) is 10.0 Å². The van der Waals surface area contributed by atoms with E-state index in [0.29, 0.717) is 12.1 Å². The molecule has 0 atom stereocenters. The van der Waals surface area contributed by atoms with Crippen molar-refractivity contribution in [3.05, 3.63) is 33.8 Å². The average molecular weight is 246 g/mol. The topological polar surface area (TPSA) is 26.0 Å². The lowest BCUT2D eigenvalue weighted by molar-refractivity contribution is 0.220. The molecule has 0 radical (unpaired) electrons. The minimum atomic E-state index is -1.31. The SMILES string of the molecule is CC(C)(F)c1ccc(CN)cc1Br. The molecule has 0 aliphatic heterocycles. The molecule has 72 valence electrons. The van der Waals surface area contributed by atoms with Gasteiger partial charge >= 0.3 is 0 Å². The van der Waals surface area contributed by atoms with E-state index >= 15 is 0 Å². The summed E-state index contributed by atoms with van der Waals surface area (Å²) in [5, 5.41) is 0. The third kappa shape index (κ3) is 2.51. The molecule has 0 amide bonds. The summed E-state index contributed by atoms with van der Waals surface area (Å²) >= 11 is 3.33. The predicted octanol–water partition coefficient (Wildman–Crippen LogP) is 3.11. The van der Waals surface area contributed by atoms with Crippen LogP contribution in [0.15, 0.2) is 22.7 Å². The molecule has 1 rings (SSSR count). The molecule has 1 aromatic rings. The van der Waals surface area contributed by atoms with Crippen molar-refractivity contribution in [1.29, 1.82) is 0 Å². The predicted molar refractivity (Wildman–Crippen MR) is 56.2 cm³/mol. The Labute approximate surface area is 86.3 Å². The molecule has 0 spiro atoms. The van der Waals surface area contributed by atoms with E-state index in [4.69, 9.17) is 5.73 Å². The number of alkyl halides is 1. The Kier molecular flexibility index (Phi) is 3.09. The number of benzene rings is 1. The van der Waals surface area contributed by atoms with Crippen LogP contribution in [0.5, 0.6) is 0 Å². The average Bonchev–Trinajstić information content (AvgIpc) is 2.01. The van der Waals surface area contributed by atoms with Gasteiger partial charge < -0.3 is 5.73 Å². The molecule has 1 aromatic carbocycles. The number of nitrogens with two attached hydrogens (primary N) is 1. The van der Waals surface area contributed by atoms with E-state index < -0.39 is 5.67 Å². The highest BCUT2D eigenvalue weighted by atomic mass is 79.9. The van der Waals surface area contributed by atoms with Crippen molar-refractivity contribution in [2.45, 2.75) is 26.1 Å². The first-order valence-corrected chi connectivity index (χ1v) is 4.92. The van der Waals surface area contributed by atoms with Crippen LogP contribution in [-0.4, -0.2) is 0 Å². The first-order chi connectivity index (χ1) is 5.95. The van der Waals surface area contributed by atoms with Gasteiger partial charge in [0.05, 0.1) is 0 Å². The minimum Gasteiger partial charge on any atom is -0.326 e. The van der Waals surface area contributed by atoms with Crippen molar-refractivity contribution in [1.82, 2.24) is 0 Å². The molecule has 0 bridgehead atoms. The summed E-state index contributed by atoms with van der Waals surface area (Å²) in [5.41, 5.74) is 5.81. The molecule has 0 heterocycles. The van der Waals surface area contributed by atoms with Crippen LogP contribution in [0.25, 0.3) is 0 Å². The van der Waals surface area contributed by atoms with Gasteiger partial charge in [-0.3, -0.25) is 0 Å². The van der Waals surface area contributed by atoms with Crippen molar-refractivity contribution in [3.63, 3.8) is 0 Å². The zero-order valence-electron chi connectivity index (χ0n) is 7.77. The summed E-state index contributed by atoms with van der Waals surface area (Å²) in [6.07, 6.45) is 0. The molecular weight excluding hydrogens is 233 g/mol. The highest BCUT2D eigenvalue weighted by Gasteiger charge is 2.21. The Morgan fingerprint density at radius 1 is 1.46 bits per heavy atom. The van der Waals surface area contributed by atoms with Crippen LogP contribution in [-0.2, 0) is 12.2 Å². The fourth-order valence-corrected chi connectivity index (χ4v) is 2.07. The van der Waals surface area contributed by atoms with Crippen molar-refractivity contribution in [2.75, 3.05) is 0 Å². The van der Waals surface area contributed by atoms with Gasteiger partial charge in [0.2, 0.25) is 0 Å². The molecule has 0 aliphatic rings. The zero-order valence-corrected chi connectivity index (χ0v) is 9.36. The summed E-state index contributed by atoms with van der Waals surface area (Å²) in [4.78, 5) is 0. The van der Waals surface area contributed by atoms with Gasteiger partial charge in [0.1, 0.15) is 5.67 Å². The van der Waals surface area contributed by atoms with E-state index in [1.807, 2.05) is 12.1 Å². The Bertz CT molecular complexity index is 304. The lowest BCUT2D eigenvalue weighted by Gasteiger charge is -2.16. The Balaban J connectivity index is 3.13. The van der Waals surface area contributed by atoms with Gasteiger partial charge in [-0.1, -0.05) is 28.1 Å². The van der Waals surface area contributed by atoms with Gasteiger partial charge in [-0.2, -0.15) is 0 Å². The third-order valence-corrected chi connectivity index (χ3v) is 2.57. The second-order valence-electron chi connectivity index (χ2n) is 3.49. The lowest BCUT2D eigenvalue weighted by atomic mass is 9.99. The molecule has 0 aliphatic carbocycles. The fraction of sp³-hybridized carbons (Fsp3) is 0.400. The maximum Gasteiger partial charge on any atom is 0.131 e. The van der Waals surface area contributed by atoms with Gasteiger partial charge in [0.15, 0.2) is 0 Å². The van der Waals surface area contributed by atoms with Crippen molar-refractivity contribution < 1.29 is 4.39 Å². The van der Waals surface area contributed by atoms with E-state index in [1.165, 1.54) is 13.8 Å². The summed E-state index contributed by atoms with van der Waals surface area (Å²) in [5.74, 6) is 0. The monoisotopic (exact) mass is 245 g/mol. The van der Waals surface area contributed by atoms with Crippen LogP contribution in [0.1, 0.15) is 25.0 Å². The van der Waals surface area contributed by atoms with Gasteiger partial charge in [-0.15, -0.1) is 0 Å². The van der Waals surface area contributed by atoms with E-state index in [-0.39, 0.29) is 0 Å². The summed E-state index contributed by atoms with van der Waals surface area (Å²) in [6, 6.07) is 5.48. The molecule has 3 heteroatoms. The Hall–Kier alpha value is -0.410. The number of halogens is 2. The quantitative estimate of drug-likeness (QED) is 0.852. The first-order valence-electron chi connectivity index (χ1n) is 4.13. The number of hydrogen-bond donors (Lipinski definition) is 1. The van der Waals surface area contributed by atoms with Crippen LogP contribution in [0.4, 0.5) is 4.39 Å². The molecule has 1 nitrogen and oxygen atoms in total. The highest BCUT2D eigenvalue weighted by molar-refractivity contribution is 9.10. The van der Waals surface area contributed by atoms with Crippen LogP contribution in [0, 0.1) is 0 Å². The van der Waals surface area contributed by atoms with E-state index in [9.17, 15) is 4.39 Å². The van der Waals surface area contributed by atoms with E-state index in [1.54, 1.807) is 6.07 Å². The zero-order chi connectivity index (χ0) is 10.1. The van der Waals surface area contributed by atoms with Gasteiger partial charge in [0.25, 0.3) is 0 Å². The molecule has 0 saturated carbocycles. The molecular formula is C10H13BrFN. The maximum atomic E-state index is 13.6. The molecule has 0 unspecified atom stereocenters. The minimum absolute atomic E-state index is 0.478. The normalized spacial score (nSPS) is 11.8. The Morgan fingerprint density at radius 2 is 2.08 bits per heavy atom. The smallest absolute Gasteiger partial charge is 0.131 e. The van der Waals surface area contributed by atoms with E-state index in [2.05, 4.69) is 15.9 Å². The van der Waals surface area contributed by atoms with Crippen LogP contribution >= 0.6 is 15.9 Å². The second kappa shape index (κ2) is 3.76. The standard InChI is InChI=1S/C10H13BrFN/c1-10(2,12)8-4-3-7(6-13)5-9(8)11/h3-5H,6,13H2,1-2H3. The summed E-state index contributed by atoms with van der Waals surface area (Å²) in [6.45, 7) is 3.55. The second-order valence-corrected chi connectivity index (χ2v) is 4.35. The van der Waals surface area contributed by atoms with Crippen molar-refractivity contribution in [2.24, 2.45) is 5.73 Å². The molecule has 0 fully saturated rings. The molecule has 0 saturated heterocycles. The summed E-state index contributed by atoms with van der Waals surface area (Å²) in [7, 11) is 0. The van der Waals surface area contributed by atoms with Crippen LogP contribution in [0.3, 0.4) is 0 Å². The van der Waals surface area contributed by atoms with Gasteiger partial charge in [-0.25, -0.2) is 4.39 Å². The highest BCUT2D eigenvalue weighted by Crippen LogP contribution is 2.31. The molecule has 13 heavy (non-hydrogen) atoms. The van der Waals surface area contributed by atoms with Gasteiger partial charge in [-0.05, 0) is 25.5 Å². The largest absolute Gasteiger partial charge is 0.326 e. The lowest BCUT2D eigenvalue weighted by Crippen LogP contribution is -2.10. The maximum absolute atomic E-state index is 13.6. The van der Waals surface area contributed by atoms with Crippen LogP contribution < -0.4 is 5.73 Å². The number of hydrogen-bond acceptors (Lipinski definition) is 1. The fourth-order valence-electron chi connectivity index (χ4n) is 1.17. The Morgan fingerprint density at radius 3 is 2.46 bits per heavy atom. The molecule has 2 N–H and O–H groups in total. The third-order valence-electron chi connectivity index (χ3n) is 1.91. The van der Waals surface area contributed by atoms with Crippen LogP contribution in [0.2, 0.25) is 0 Å². The summed E-state index contributed by atoms with van der Waals surface area (Å²) < 4.78 is 14.3. The number of rotatable bonds is 2. The van der Waals surface area contributed by atoms with Gasteiger partial charge in [0, 0.05) is 16.6 Å².